The molecule has 1 aliphatic carbocycles. The van der Waals surface area contributed by atoms with E-state index in [1.54, 1.807) is 0 Å². The molecule has 0 radical (unpaired) electrons. The van der Waals surface area contributed by atoms with Gasteiger partial charge in [0.1, 0.15) is 0 Å². The van der Waals surface area contributed by atoms with E-state index in [9.17, 15) is 26.4 Å². The average Bonchev–Trinajstić information content (AvgIpc) is 3.49. The lowest BCUT2D eigenvalue weighted by atomic mass is 10.1. The van der Waals surface area contributed by atoms with Crippen LogP contribution in [0.5, 0.6) is 0 Å². The second-order valence-corrected chi connectivity index (χ2v) is 8.94. The highest BCUT2D eigenvalue weighted by Gasteiger charge is 2.34. The minimum absolute atomic E-state index is 0.0919. The van der Waals surface area contributed by atoms with Gasteiger partial charge in [0.2, 0.25) is 10.0 Å². The molecule has 0 bridgehead atoms. The number of nitrogens with zero attached hydrogens (tertiary/aromatic N) is 1. The number of rotatable bonds is 6. The summed E-state index contributed by atoms with van der Waals surface area (Å²) in [6.45, 7) is 0.784. The molecule has 0 unspecified atom stereocenters. The summed E-state index contributed by atoms with van der Waals surface area (Å²) in [5, 5.41) is 2.68. The van der Waals surface area contributed by atoms with E-state index >= 15 is 0 Å². The molecule has 7 nitrogen and oxygen atoms in total. The Kier molecular flexibility index (Phi) is 6.15. The first-order valence-electron chi connectivity index (χ1n) is 9.03. The zero-order chi connectivity index (χ0) is 20.4. The predicted octanol–water partition coefficient (Wildman–Crippen LogP) is 2.50. The van der Waals surface area contributed by atoms with Crippen molar-refractivity contribution in [2.75, 3.05) is 19.6 Å². The van der Waals surface area contributed by atoms with Crippen molar-refractivity contribution in [2.24, 2.45) is 5.92 Å². The molecule has 1 aromatic carbocycles. The lowest BCUT2D eigenvalue weighted by Gasteiger charge is -2.30. The van der Waals surface area contributed by atoms with Crippen molar-refractivity contribution in [1.82, 2.24) is 15.1 Å². The van der Waals surface area contributed by atoms with Gasteiger partial charge in [-0.1, -0.05) is 6.07 Å². The van der Waals surface area contributed by atoms with Gasteiger partial charge in [0.15, 0.2) is 0 Å². The van der Waals surface area contributed by atoms with E-state index in [1.165, 1.54) is 0 Å². The molecule has 11 heteroatoms. The van der Waals surface area contributed by atoms with E-state index in [2.05, 4.69) is 10.8 Å². The first-order chi connectivity index (χ1) is 13.2. The van der Waals surface area contributed by atoms with E-state index in [-0.39, 0.29) is 24.1 Å². The maximum atomic E-state index is 12.8. The summed E-state index contributed by atoms with van der Waals surface area (Å²) in [5.41, 5.74) is 1.30. The fourth-order valence-electron chi connectivity index (χ4n) is 2.90. The van der Waals surface area contributed by atoms with Crippen LogP contribution in [0.15, 0.2) is 29.2 Å². The molecule has 28 heavy (non-hydrogen) atoms. The number of halogens is 3. The second kappa shape index (κ2) is 8.26. The topological polar surface area (TPSA) is 87.7 Å². The monoisotopic (exact) mass is 421 g/mol. The fourth-order valence-corrected chi connectivity index (χ4v) is 4.42. The van der Waals surface area contributed by atoms with Gasteiger partial charge in [-0.3, -0.25) is 4.84 Å². The van der Waals surface area contributed by atoms with Gasteiger partial charge in [-0.05, 0) is 49.8 Å². The average molecular weight is 421 g/mol. The first-order valence-corrected chi connectivity index (χ1v) is 10.5. The second-order valence-electron chi connectivity index (χ2n) is 7.00. The predicted molar refractivity (Wildman–Crippen MR) is 93.6 cm³/mol. The Morgan fingerprint density at radius 1 is 1.18 bits per heavy atom. The Labute approximate surface area is 161 Å². The Morgan fingerprint density at radius 2 is 1.86 bits per heavy atom. The number of urea groups is 1. The molecule has 156 valence electrons. The zero-order valence-electron chi connectivity index (χ0n) is 15.0. The number of hydroxylamine groups is 1. The van der Waals surface area contributed by atoms with Crippen molar-refractivity contribution < 1.29 is 31.2 Å². The van der Waals surface area contributed by atoms with E-state index < -0.39 is 27.8 Å². The molecule has 2 fully saturated rings. The fraction of sp³-hybridized carbons (Fsp3) is 0.588. The van der Waals surface area contributed by atoms with Crippen molar-refractivity contribution in [1.29, 1.82) is 0 Å². The van der Waals surface area contributed by atoms with Gasteiger partial charge in [0.05, 0.1) is 16.6 Å². The van der Waals surface area contributed by atoms with Crippen molar-refractivity contribution >= 4 is 16.1 Å². The first kappa shape index (κ1) is 20.9. The number of amides is 2. The van der Waals surface area contributed by atoms with Crippen LogP contribution in [0.1, 0.15) is 31.2 Å². The van der Waals surface area contributed by atoms with Gasteiger partial charge in [0.25, 0.3) is 0 Å². The number of piperidine rings is 1. The van der Waals surface area contributed by atoms with E-state index in [4.69, 9.17) is 4.84 Å². The van der Waals surface area contributed by atoms with E-state index in [1.807, 2.05) is 0 Å². The highest BCUT2D eigenvalue weighted by molar-refractivity contribution is 7.89. The molecule has 1 saturated heterocycles. The minimum atomic E-state index is -4.61. The molecule has 2 amide bonds. The van der Waals surface area contributed by atoms with Crippen LogP contribution in [-0.4, -0.2) is 44.5 Å². The Morgan fingerprint density at radius 3 is 2.46 bits per heavy atom. The summed E-state index contributed by atoms with van der Waals surface area (Å²) < 4.78 is 64.9. The van der Waals surface area contributed by atoms with E-state index in [0.717, 1.165) is 35.3 Å². The largest absolute Gasteiger partial charge is 0.416 e. The molecular weight excluding hydrogens is 399 g/mol. The van der Waals surface area contributed by atoms with Crippen LogP contribution in [-0.2, 0) is 21.0 Å². The van der Waals surface area contributed by atoms with Crippen LogP contribution in [0.3, 0.4) is 0 Å². The number of carbonyl (C=O) groups is 1. The van der Waals surface area contributed by atoms with Crippen molar-refractivity contribution in [3.63, 3.8) is 0 Å². The Hall–Kier alpha value is -1.85. The molecule has 1 aliphatic heterocycles. The number of alkyl halides is 3. The van der Waals surface area contributed by atoms with Crippen molar-refractivity contribution in [3.8, 4) is 0 Å². The molecule has 0 aromatic heterocycles. The van der Waals surface area contributed by atoms with Crippen LogP contribution in [0.2, 0.25) is 0 Å². The third kappa shape index (κ3) is 5.36. The van der Waals surface area contributed by atoms with Gasteiger partial charge in [0, 0.05) is 19.6 Å². The molecule has 2 N–H and O–H groups in total. The zero-order valence-corrected chi connectivity index (χ0v) is 15.9. The number of hydrogen-bond acceptors (Lipinski definition) is 4. The Bertz CT molecular complexity index is 804. The molecule has 1 heterocycles. The van der Waals surface area contributed by atoms with Gasteiger partial charge in [-0.2, -0.15) is 17.5 Å². The standard InChI is InChI=1S/C17H22F3N3O4S/c18-17(19,20)13-2-1-3-15(10-13)28(25,26)23-8-6-14(7-9-23)27-22-16(24)21-11-12-4-5-12/h1-3,10,12,14H,4-9,11H2,(H2,21,22,24). The smallest absolute Gasteiger partial charge is 0.336 e. The van der Waals surface area contributed by atoms with Crippen LogP contribution < -0.4 is 10.8 Å². The summed E-state index contributed by atoms with van der Waals surface area (Å²) in [4.78, 5) is 16.5. The molecule has 3 rings (SSSR count). The maximum Gasteiger partial charge on any atom is 0.416 e. The summed E-state index contributed by atoms with van der Waals surface area (Å²) >= 11 is 0. The van der Waals surface area contributed by atoms with Crippen LogP contribution >= 0.6 is 0 Å². The quantitative estimate of drug-likeness (QED) is 0.691. The summed E-state index contributed by atoms with van der Waals surface area (Å²) in [5.74, 6) is 0.537. The van der Waals surface area contributed by atoms with Crippen molar-refractivity contribution in [3.05, 3.63) is 29.8 Å². The van der Waals surface area contributed by atoms with Crippen LogP contribution in [0.25, 0.3) is 0 Å². The van der Waals surface area contributed by atoms with Gasteiger partial charge >= 0.3 is 12.2 Å². The Balaban J connectivity index is 1.51. The molecule has 0 atom stereocenters. The lowest BCUT2D eigenvalue weighted by Crippen LogP contribution is -2.44. The molecule has 1 saturated carbocycles. The number of hydrogen-bond donors (Lipinski definition) is 2. The van der Waals surface area contributed by atoms with Crippen molar-refractivity contribution in [2.45, 2.75) is 42.9 Å². The minimum Gasteiger partial charge on any atom is -0.336 e. The molecule has 2 aliphatic rings. The summed E-state index contributed by atoms with van der Waals surface area (Å²) in [6, 6.07) is 3.27. The highest BCUT2D eigenvalue weighted by atomic mass is 32.2. The number of nitrogens with one attached hydrogen (secondary N) is 2. The number of carbonyl (C=O) groups excluding carboxylic acids is 1. The third-order valence-corrected chi connectivity index (χ3v) is 6.66. The van der Waals surface area contributed by atoms with Gasteiger partial charge < -0.3 is 5.32 Å². The third-order valence-electron chi connectivity index (χ3n) is 4.77. The lowest BCUT2D eigenvalue weighted by molar-refractivity contribution is -0.137. The summed E-state index contributed by atoms with van der Waals surface area (Å²) in [6.07, 6.45) is -2.11. The SMILES string of the molecule is O=C(NCC1CC1)NOC1CCN(S(=O)(=O)c2cccc(C(F)(F)F)c2)CC1. The molecule has 0 spiro atoms. The highest BCUT2D eigenvalue weighted by Crippen LogP contribution is 2.31. The van der Waals surface area contributed by atoms with Crippen LogP contribution in [0.4, 0.5) is 18.0 Å². The van der Waals surface area contributed by atoms with Gasteiger partial charge in [-0.25, -0.2) is 18.7 Å². The van der Waals surface area contributed by atoms with Crippen LogP contribution in [0, 0.1) is 5.92 Å². The molecule has 1 aromatic rings. The number of sulfonamides is 1. The maximum absolute atomic E-state index is 12.8. The van der Waals surface area contributed by atoms with E-state index in [0.29, 0.717) is 31.4 Å². The van der Waals surface area contributed by atoms with Gasteiger partial charge in [-0.15, -0.1) is 0 Å². The summed E-state index contributed by atoms with van der Waals surface area (Å²) in [7, 11) is -4.03. The number of benzene rings is 1. The normalized spacial score (nSPS) is 19.4. The molecular formula is C17H22F3N3O4S.